The molecule has 0 radical (unpaired) electrons. The van der Waals surface area contributed by atoms with Gasteiger partial charge in [-0.2, -0.15) is 0 Å². The molecule has 1 heterocycles. The van der Waals surface area contributed by atoms with Crippen molar-refractivity contribution in [1.29, 1.82) is 0 Å². The lowest BCUT2D eigenvalue weighted by Crippen LogP contribution is -2.23. The molecule has 3 rings (SSSR count). The van der Waals surface area contributed by atoms with Crippen molar-refractivity contribution < 1.29 is 18.8 Å². The first-order valence-corrected chi connectivity index (χ1v) is 8.64. The van der Waals surface area contributed by atoms with Gasteiger partial charge in [0.15, 0.2) is 11.5 Å². The SMILES string of the molecule is CC(=O)N(C)Cc1cccc(NC(=O)c2oc3c(c2C)C(=O)CCC3)c1. The van der Waals surface area contributed by atoms with E-state index in [1.807, 2.05) is 18.2 Å². The van der Waals surface area contributed by atoms with Crippen molar-refractivity contribution in [2.45, 2.75) is 39.7 Å². The molecule has 6 nitrogen and oxygen atoms in total. The topological polar surface area (TPSA) is 79.6 Å². The molecule has 0 bridgehead atoms. The van der Waals surface area contributed by atoms with E-state index < -0.39 is 0 Å². The quantitative estimate of drug-likeness (QED) is 0.913. The van der Waals surface area contributed by atoms with Gasteiger partial charge in [-0.05, 0) is 31.0 Å². The molecular weight excluding hydrogens is 332 g/mol. The molecule has 6 heteroatoms. The Morgan fingerprint density at radius 1 is 1.27 bits per heavy atom. The van der Waals surface area contributed by atoms with Crippen molar-refractivity contribution in [3.63, 3.8) is 0 Å². The van der Waals surface area contributed by atoms with Gasteiger partial charge in [0.2, 0.25) is 5.91 Å². The fraction of sp³-hybridized carbons (Fsp3) is 0.350. The number of furan rings is 1. The van der Waals surface area contributed by atoms with Crippen LogP contribution in [0.3, 0.4) is 0 Å². The third kappa shape index (κ3) is 3.54. The van der Waals surface area contributed by atoms with E-state index in [4.69, 9.17) is 4.42 Å². The number of rotatable bonds is 4. The van der Waals surface area contributed by atoms with Crippen molar-refractivity contribution in [2.24, 2.45) is 0 Å². The zero-order valence-electron chi connectivity index (χ0n) is 15.2. The molecule has 1 aromatic carbocycles. The zero-order valence-corrected chi connectivity index (χ0v) is 15.2. The fourth-order valence-electron chi connectivity index (χ4n) is 3.19. The van der Waals surface area contributed by atoms with Crippen LogP contribution in [0.25, 0.3) is 0 Å². The number of carbonyl (C=O) groups excluding carboxylic acids is 3. The number of anilines is 1. The summed E-state index contributed by atoms with van der Waals surface area (Å²) in [4.78, 5) is 37.7. The number of nitrogens with zero attached hydrogens (tertiary/aromatic N) is 1. The number of ketones is 1. The first-order valence-electron chi connectivity index (χ1n) is 8.64. The number of amides is 2. The van der Waals surface area contributed by atoms with Crippen LogP contribution >= 0.6 is 0 Å². The van der Waals surface area contributed by atoms with Crippen LogP contribution < -0.4 is 5.32 Å². The van der Waals surface area contributed by atoms with Gasteiger partial charge in [0.25, 0.3) is 5.91 Å². The first-order chi connectivity index (χ1) is 12.4. The highest BCUT2D eigenvalue weighted by molar-refractivity contribution is 6.07. The molecule has 0 fully saturated rings. The highest BCUT2D eigenvalue weighted by Gasteiger charge is 2.28. The second-order valence-corrected chi connectivity index (χ2v) is 6.66. The van der Waals surface area contributed by atoms with Gasteiger partial charge < -0.3 is 14.6 Å². The molecule has 2 amide bonds. The summed E-state index contributed by atoms with van der Waals surface area (Å²) < 4.78 is 5.68. The van der Waals surface area contributed by atoms with E-state index in [9.17, 15) is 14.4 Å². The van der Waals surface area contributed by atoms with Crippen LogP contribution in [0.15, 0.2) is 28.7 Å². The van der Waals surface area contributed by atoms with Crippen LogP contribution in [0.5, 0.6) is 0 Å². The maximum absolute atomic E-state index is 12.6. The van der Waals surface area contributed by atoms with Crippen LogP contribution in [0.2, 0.25) is 0 Å². The summed E-state index contributed by atoms with van der Waals surface area (Å²) in [6.45, 7) is 3.72. The number of nitrogens with one attached hydrogen (secondary N) is 1. The molecule has 0 saturated carbocycles. The summed E-state index contributed by atoms with van der Waals surface area (Å²) in [6.07, 6.45) is 1.94. The van der Waals surface area contributed by atoms with Crippen molar-refractivity contribution in [3.8, 4) is 0 Å². The lowest BCUT2D eigenvalue weighted by molar-refractivity contribution is -0.128. The smallest absolute Gasteiger partial charge is 0.291 e. The van der Waals surface area contributed by atoms with Crippen molar-refractivity contribution in [3.05, 3.63) is 52.5 Å². The van der Waals surface area contributed by atoms with Gasteiger partial charge in [-0.25, -0.2) is 0 Å². The fourth-order valence-corrected chi connectivity index (χ4v) is 3.19. The van der Waals surface area contributed by atoms with Crippen molar-refractivity contribution in [1.82, 2.24) is 4.90 Å². The number of Topliss-reactive ketones (excluding diaryl/α,β-unsaturated/α-hetero) is 1. The lowest BCUT2D eigenvalue weighted by atomic mass is 9.94. The Hall–Kier alpha value is -2.89. The molecule has 26 heavy (non-hydrogen) atoms. The Morgan fingerprint density at radius 3 is 2.73 bits per heavy atom. The Bertz CT molecular complexity index is 882. The average Bonchev–Trinajstić information content (AvgIpc) is 2.93. The van der Waals surface area contributed by atoms with Crippen LogP contribution in [0, 0.1) is 6.92 Å². The van der Waals surface area contributed by atoms with Crippen molar-refractivity contribution in [2.75, 3.05) is 12.4 Å². The summed E-state index contributed by atoms with van der Waals surface area (Å²) in [5.74, 6) is 0.445. The average molecular weight is 354 g/mol. The van der Waals surface area contributed by atoms with Gasteiger partial charge in [-0.3, -0.25) is 14.4 Å². The number of aryl methyl sites for hydroxylation is 1. The molecule has 0 aliphatic heterocycles. The minimum atomic E-state index is -0.373. The number of carbonyl (C=O) groups is 3. The van der Waals surface area contributed by atoms with E-state index in [1.165, 1.54) is 6.92 Å². The van der Waals surface area contributed by atoms with Crippen LogP contribution in [0.4, 0.5) is 5.69 Å². The van der Waals surface area contributed by atoms with Crippen LogP contribution in [-0.2, 0) is 17.8 Å². The molecule has 2 aromatic rings. The van der Waals surface area contributed by atoms with Gasteiger partial charge in [0, 0.05) is 44.6 Å². The second-order valence-electron chi connectivity index (χ2n) is 6.66. The molecule has 1 aliphatic carbocycles. The normalized spacial score (nSPS) is 13.3. The standard InChI is InChI=1S/C20H22N2O4/c1-12-18-16(24)8-5-9-17(18)26-19(12)20(25)21-15-7-4-6-14(10-15)11-22(3)13(2)23/h4,6-7,10H,5,8-9,11H2,1-3H3,(H,21,25). The highest BCUT2D eigenvalue weighted by Crippen LogP contribution is 2.29. The summed E-state index contributed by atoms with van der Waals surface area (Å²) in [7, 11) is 1.72. The van der Waals surface area contributed by atoms with Crippen molar-refractivity contribution >= 4 is 23.3 Å². The minimum Gasteiger partial charge on any atom is -0.455 e. The largest absolute Gasteiger partial charge is 0.455 e. The van der Waals surface area contributed by atoms with E-state index in [-0.39, 0.29) is 23.4 Å². The third-order valence-corrected chi connectivity index (χ3v) is 4.65. The van der Waals surface area contributed by atoms with E-state index in [2.05, 4.69) is 5.32 Å². The van der Waals surface area contributed by atoms with Gasteiger partial charge >= 0.3 is 0 Å². The lowest BCUT2D eigenvalue weighted by Gasteiger charge is -2.15. The Balaban J connectivity index is 1.79. The monoisotopic (exact) mass is 354 g/mol. The van der Waals surface area contributed by atoms with Gasteiger partial charge in [0.1, 0.15) is 5.76 Å². The van der Waals surface area contributed by atoms with Crippen LogP contribution in [0.1, 0.15) is 57.6 Å². The molecule has 0 unspecified atom stereocenters. The van der Waals surface area contributed by atoms with Gasteiger partial charge in [-0.1, -0.05) is 12.1 Å². The molecule has 0 spiro atoms. The summed E-state index contributed by atoms with van der Waals surface area (Å²) in [5.41, 5.74) is 2.70. The van der Waals surface area contributed by atoms with E-state index in [1.54, 1.807) is 24.9 Å². The maximum Gasteiger partial charge on any atom is 0.291 e. The number of benzene rings is 1. The predicted octanol–water partition coefficient (Wildman–Crippen LogP) is 3.34. The maximum atomic E-state index is 12.6. The number of hydrogen-bond donors (Lipinski definition) is 1. The zero-order chi connectivity index (χ0) is 18.8. The third-order valence-electron chi connectivity index (χ3n) is 4.65. The molecule has 0 atom stereocenters. The minimum absolute atomic E-state index is 0.0269. The Kier molecular flexibility index (Phi) is 4.93. The molecule has 1 aliphatic rings. The second kappa shape index (κ2) is 7.15. The molecule has 1 N–H and O–H groups in total. The molecule has 1 aromatic heterocycles. The number of fused-ring (bicyclic) bond motifs is 1. The van der Waals surface area contributed by atoms with E-state index in [0.717, 1.165) is 12.0 Å². The molecule has 136 valence electrons. The van der Waals surface area contributed by atoms with E-state index in [0.29, 0.717) is 42.0 Å². The van der Waals surface area contributed by atoms with Gasteiger partial charge in [0.05, 0.1) is 5.56 Å². The Morgan fingerprint density at radius 2 is 2.04 bits per heavy atom. The van der Waals surface area contributed by atoms with Gasteiger partial charge in [-0.15, -0.1) is 0 Å². The summed E-state index contributed by atoms with van der Waals surface area (Å²) in [5, 5.41) is 2.82. The predicted molar refractivity (Wildman–Crippen MR) is 97.3 cm³/mol. The number of hydrogen-bond acceptors (Lipinski definition) is 4. The summed E-state index contributed by atoms with van der Waals surface area (Å²) >= 11 is 0. The summed E-state index contributed by atoms with van der Waals surface area (Å²) in [6, 6.07) is 7.31. The Labute approximate surface area is 152 Å². The molecular formula is C20H22N2O4. The first kappa shape index (κ1) is 17.9. The van der Waals surface area contributed by atoms with Crippen LogP contribution in [-0.4, -0.2) is 29.5 Å². The highest BCUT2D eigenvalue weighted by atomic mass is 16.4. The van der Waals surface area contributed by atoms with E-state index >= 15 is 0 Å². The molecule has 0 saturated heterocycles.